The molecule has 44 heavy (non-hydrogen) atoms. The van der Waals surface area contributed by atoms with Crippen LogP contribution in [0.4, 0.5) is 8.78 Å². The maximum absolute atomic E-state index is 14.9. The average Bonchev–Trinajstić information content (AvgIpc) is 3.66. The van der Waals surface area contributed by atoms with E-state index in [2.05, 4.69) is 9.97 Å². The lowest BCUT2D eigenvalue weighted by Gasteiger charge is -2.19. The van der Waals surface area contributed by atoms with E-state index >= 15 is 0 Å². The summed E-state index contributed by atoms with van der Waals surface area (Å²) in [5.74, 6) is 0.674. The minimum atomic E-state index is -0.869. The highest BCUT2D eigenvalue weighted by Gasteiger charge is 2.18. The SMILES string of the molecule is Cc1cc(-c2cc(F)c(=O)n(Cc3ccc4c(c3)OCO4)c2)nc(SCCC(OCc2ccccc2F)c2cccn2C)n1. The van der Waals surface area contributed by atoms with Gasteiger partial charge in [-0.3, -0.25) is 4.79 Å². The van der Waals surface area contributed by atoms with Crippen LogP contribution in [0.5, 0.6) is 11.5 Å². The number of halogens is 2. The van der Waals surface area contributed by atoms with Gasteiger partial charge in [-0.05, 0) is 61.4 Å². The highest BCUT2D eigenvalue weighted by molar-refractivity contribution is 7.99. The number of thioether (sulfide) groups is 1. The molecule has 0 bridgehead atoms. The lowest BCUT2D eigenvalue weighted by molar-refractivity contribution is 0.0319. The molecule has 2 aromatic carbocycles. The van der Waals surface area contributed by atoms with Crippen LogP contribution in [-0.4, -0.2) is 31.6 Å². The zero-order valence-corrected chi connectivity index (χ0v) is 25.0. The summed E-state index contributed by atoms with van der Waals surface area (Å²) in [6, 6.07) is 18.9. The molecule has 5 aromatic rings. The largest absolute Gasteiger partial charge is 0.454 e. The van der Waals surface area contributed by atoms with Crippen molar-refractivity contribution in [1.82, 2.24) is 19.1 Å². The van der Waals surface area contributed by atoms with E-state index in [1.165, 1.54) is 28.5 Å². The highest BCUT2D eigenvalue weighted by atomic mass is 32.2. The molecule has 1 atom stereocenters. The van der Waals surface area contributed by atoms with Crippen LogP contribution in [0.2, 0.25) is 0 Å². The van der Waals surface area contributed by atoms with E-state index in [-0.39, 0.29) is 31.9 Å². The zero-order valence-electron chi connectivity index (χ0n) is 24.2. The van der Waals surface area contributed by atoms with Crippen LogP contribution in [0.15, 0.2) is 89.1 Å². The predicted octanol–water partition coefficient (Wildman–Crippen LogP) is 6.45. The maximum Gasteiger partial charge on any atom is 0.286 e. The molecule has 1 unspecified atom stereocenters. The van der Waals surface area contributed by atoms with Crippen LogP contribution in [0, 0.1) is 18.6 Å². The summed E-state index contributed by atoms with van der Waals surface area (Å²) in [4.78, 5) is 21.9. The molecule has 0 radical (unpaired) electrons. The summed E-state index contributed by atoms with van der Waals surface area (Å²) < 4.78 is 49.4. The van der Waals surface area contributed by atoms with Gasteiger partial charge in [-0.1, -0.05) is 36.0 Å². The molecule has 1 aliphatic heterocycles. The van der Waals surface area contributed by atoms with Crippen molar-refractivity contribution in [2.45, 2.75) is 37.8 Å². The lowest BCUT2D eigenvalue weighted by Crippen LogP contribution is -2.23. The third kappa shape index (κ3) is 6.68. The zero-order chi connectivity index (χ0) is 30.6. The first kappa shape index (κ1) is 29.6. The van der Waals surface area contributed by atoms with Crippen molar-refractivity contribution >= 4 is 11.8 Å². The van der Waals surface area contributed by atoms with Gasteiger partial charge in [0.2, 0.25) is 6.79 Å². The number of benzene rings is 2. The number of rotatable bonds is 11. The Labute approximate surface area is 257 Å². The molecule has 0 saturated heterocycles. The van der Waals surface area contributed by atoms with Gasteiger partial charge in [0.05, 0.1) is 24.9 Å². The summed E-state index contributed by atoms with van der Waals surface area (Å²) in [6.07, 6.45) is 3.90. The quantitative estimate of drug-likeness (QED) is 0.125. The maximum atomic E-state index is 14.9. The fourth-order valence-corrected chi connectivity index (χ4v) is 5.92. The van der Waals surface area contributed by atoms with Crippen molar-refractivity contribution in [2.75, 3.05) is 12.5 Å². The molecule has 1 aliphatic rings. The third-order valence-corrected chi connectivity index (χ3v) is 8.17. The number of fused-ring (bicyclic) bond motifs is 1. The van der Waals surface area contributed by atoms with Gasteiger partial charge in [0.25, 0.3) is 5.56 Å². The Morgan fingerprint density at radius 3 is 2.66 bits per heavy atom. The van der Waals surface area contributed by atoms with Crippen LogP contribution < -0.4 is 15.0 Å². The van der Waals surface area contributed by atoms with Gasteiger partial charge in [-0.25, -0.2) is 18.7 Å². The number of nitrogens with zero attached hydrogens (tertiary/aromatic N) is 4. The van der Waals surface area contributed by atoms with Crippen LogP contribution in [-0.2, 0) is 24.9 Å². The van der Waals surface area contributed by atoms with E-state index in [0.29, 0.717) is 51.3 Å². The van der Waals surface area contributed by atoms with Crippen molar-refractivity contribution in [3.05, 3.63) is 124 Å². The molecule has 0 aliphatic carbocycles. The molecule has 0 saturated carbocycles. The number of aromatic nitrogens is 4. The van der Waals surface area contributed by atoms with Gasteiger partial charge < -0.3 is 23.3 Å². The van der Waals surface area contributed by atoms with Crippen LogP contribution in [0.1, 0.15) is 35.0 Å². The molecular formula is C33H30F2N4O4S. The van der Waals surface area contributed by atoms with Crippen LogP contribution in [0.25, 0.3) is 11.3 Å². The molecule has 0 amide bonds. The molecular weight excluding hydrogens is 586 g/mol. The molecule has 11 heteroatoms. The molecule has 0 fully saturated rings. The average molecular weight is 617 g/mol. The predicted molar refractivity (Wildman–Crippen MR) is 163 cm³/mol. The molecule has 0 spiro atoms. The summed E-state index contributed by atoms with van der Waals surface area (Å²) in [5, 5.41) is 0.522. The normalized spacial score (nSPS) is 12.9. The summed E-state index contributed by atoms with van der Waals surface area (Å²) in [7, 11) is 1.95. The van der Waals surface area contributed by atoms with E-state index in [4.69, 9.17) is 14.2 Å². The van der Waals surface area contributed by atoms with Crippen molar-refractivity contribution in [1.29, 1.82) is 0 Å². The Hall–Kier alpha value is -4.48. The Morgan fingerprint density at radius 1 is 1.00 bits per heavy atom. The third-order valence-electron chi connectivity index (χ3n) is 7.28. The lowest BCUT2D eigenvalue weighted by atomic mass is 10.1. The first-order valence-corrected chi connectivity index (χ1v) is 15.1. The van der Waals surface area contributed by atoms with Crippen molar-refractivity contribution in [3.8, 4) is 22.8 Å². The first-order valence-electron chi connectivity index (χ1n) is 14.1. The number of ether oxygens (including phenoxy) is 3. The second-order valence-electron chi connectivity index (χ2n) is 10.4. The van der Waals surface area contributed by atoms with Gasteiger partial charge >= 0.3 is 0 Å². The number of pyridine rings is 1. The van der Waals surface area contributed by atoms with Gasteiger partial charge in [-0.2, -0.15) is 0 Å². The van der Waals surface area contributed by atoms with Gasteiger partial charge in [0.15, 0.2) is 22.5 Å². The van der Waals surface area contributed by atoms with Gasteiger partial charge in [0, 0.05) is 47.7 Å². The van der Waals surface area contributed by atoms with E-state index < -0.39 is 11.4 Å². The Morgan fingerprint density at radius 2 is 1.84 bits per heavy atom. The fraction of sp³-hybridized carbons (Fsp3) is 0.242. The number of hydrogen-bond donors (Lipinski definition) is 0. The molecule has 6 rings (SSSR count). The summed E-state index contributed by atoms with van der Waals surface area (Å²) in [6.45, 7) is 2.29. The highest BCUT2D eigenvalue weighted by Crippen LogP contribution is 2.33. The molecule has 226 valence electrons. The monoisotopic (exact) mass is 616 g/mol. The van der Waals surface area contributed by atoms with E-state index in [1.807, 2.05) is 42.9 Å². The van der Waals surface area contributed by atoms with E-state index in [1.54, 1.807) is 42.6 Å². The summed E-state index contributed by atoms with van der Waals surface area (Å²) >= 11 is 1.45. The number of aryl methyl sites for hydroxylation is 2. The Bertz CT molecular complexity index is 1860. The minimum Gasteiger partial charge on any atom is -0.454 e. The summed E-state index contributed by atoms with van der Waals surface area (Å²) in [5.41, 5.74) is 3.20. The van der Waals surface area contributed by atoms with E-state index in [0.717, 1.165) is 11.3 Å². The molecule has 8 nitrogen and oxygen atoms in total. The smallest absolute Gasteiger partial charge is 0.286 e. The second-order valence-corrected chi connectivity index (χ2v) is 11.5. The Balaban J connectivity index is 1.18. The number of hydrogen-bond acceptors (Lipinski definition) is 7. The molecule has 0 N–H and O–H groups in total. The standard InChI is InChI=1S/C33H30F2N4O4S/c1-21-14-27(24-16-26(35)32(40)39(18-24)17-22-9-10-30-31(15-22)43-20-42-30)37-33(36-21)44-13-11-29(28-8-5-12-38(28)2)41-19-23-6-3-4-7-25(23)34/h3-10,12,14-16,18,29H,11,13,17,19-20H2,1-2H3. The van der Waals surface area contributed by atoms with Crippen LogP contribution >= 0.6 is 11.8 Å². The van der Waals surface area contributed by atoms with Crippen LogP contribution in [0.3, 0.4) is 0 Å². The molecule has 4 heterocycles. The van der Waals surface area contributed by atoms with Crippen molar-refractivity contribution in [3.63, 3.8) is 0 Å². The van der Waals surface area contributed by atoms with Gasteiger partial charge in [-0.15, -0.1) is 0 Å². The van der Waals surface area contributed by atoms with Gasteiger partial charge in [0.1, 0.15) is 5.82 Å². The molecule has 3 aromatic heterocycles. The van der Waals surface area contributed by atoms with E-state index in [9.17, 15) is 13.6 Å². The minimum absolute atomic E-state index is 0.143. The second kappa shape index (κ2) is 13.0. The Kier molecular flexibility index (Phi) is 8.76. The van der Waals surface area contributed by atoms with Crippen molar-refractivity contribution in [2.24, 2.45) is 7.05 Å². The topological polar surface area (TPSA) is 80.4 Å². The fourth-order valence-electron chi connectivity index (χ4n) is 5.03. The van der Waals surface area contributed by atoms with Crippen molar-refractivity contribution < 1.29 is 23.0 Å². The first-order chi connectivity index (χ1) is 21.3.